The summed E-state index contributed by atoms with van der Waals surface area (Å²) in [6.07, 6.45) is 2.71. The van der Waals surface area contributed by atoms with Crippen molar-refractivity contribution in [1.82, 2.24) is 25.1 Å². The number of amides is 1. The molecule has 1 unspecified atom stereocenters. The third-order valence-corrected chi connectivity index (χ3v) is 5.60. The number of nitrogens with one attached hydrogen (secondary N) is 2. The molecular weight excluding hydrogens is 405 g/mol. The van der Waals surface area contributed by atoms with Gasteiger partial charge in [0.1, 0.15) is 11.6 Å². The number of aromatic amines is 1. The Kier molecular flexibility index (Phi) is 6.16. The van der Waals surface area contributed by atoms with E-state index in [2.05, 4.69) is 20.4 Å². The van der Waals surface area contributed by atoms with Gasteiger partial charge in [0.2, 0.25) is 5.91 Å². The molecule has 0 radical (unpaired) electrons. The van der Waals surface area contributed by atoms with E-state index in [0.29, 0.717) is 6.42 Å². The molecule has 0 spiro atoms. The van der Waals surface area contributed by atoms with Crippen molar-refractivity contribution in [3.8, 4) is 16.9 Å². The van der Waals surface area contributed by atoms with Crippen molar-refractivity contribution < 1.29 is 9.18 Å². The van der Waals surface area contributed by atoms with Crippen LogP contribution >= 0.6 is 0 Å². The number of nitrogens with zero attached hydrogens (tertiary/aromatic N) is 3. The quantitative estimate of drug-likeness (QED) is 0.440. The van der Waals surface area contributed by atoms with Crippen LogP contribution in [0.2, 0.25) is 0 Å². The summed E-state index contributed by atoms with van der Waals surface area (Å²) in [5.41, 5.74) is 5.23. The molecule has 0 saturated heterocycles. The lowest BCUT2D eigenvalue weighted by Crippen LogP contribution is -2.30. The van der Waals surface area contributed by atoms with Crippen LogP contribution in [0, 0.1) is 19.7 Å². The van der Waals surface area contributed by atoms with Gasteiger partial charge in [-0.15, -0.1) is 0 Å². The van der Waals surface area contributed by atoms with Gasteiger partial charge < -0.3 is 10.3 Å². The predicted molar refractivity (Wildman–Crippen MR) is 122 cm³/mol. The Morgan fingerprint density at radius 3 is 2.53 bits per heavy atom. The maximum atomic E-state index is 13.3. The van der Waals surface area contributed by atoms with E-state index in [1.165, 1.54) is 12.1 Å². The van der Waals surface area contributed by atoms with Crippen molar-refractivity contribution in [3.63, 3.8) is 0 Å². The highest BCUT2D eigenvalue weighted by Crippen LogP contribution is 2.22. The number of halogens is 1. The highest BCUT2D eigenvalue weighted by atomic mass is 19.1. The number of aromatic nitrogens is 4. The molecule has 6 nitrogen and oxygen atoms in total. The lowest BCUT2D eigenvalue weighted by Gasteiger charge is -2.15. The van der Waals surface area contributed by atoms with Crippen molar-refractivity contribution in [2.24, 2.45) is 0 Å². The maximum Gasteiger partial charge on any atom is 0.225 e. The van der Waals surface area contributed by atoms with Gasteiger partial charge in [-0.05, 0) is 50.1 Å². The molecule has 2 heterocycles. The Balaban J connectivity index is 1.48. The molecule has 164 valence electrons. The molecule has 0 bridgehead atoms. The van der Waals surface area contributed by atoms with Crippen LogP contribution in [-0.2, 0) is 11.2 Å². The maximum absolute atomic E-state index is 13.3. The second kappa shape index (κ2) is 9.18. The lowest BCUT2D eigenvalue weighted by atomic mass is 10.1. The Bertz CT molecular complexity index is 1210. The zero-order valence-electron chi connectivity index (χ0n) is 18.4. The van der Waals surface area contributed by atoms with Crippen molar-refractivity contribution in [1.29, 1.82) is 0 Å². The molecule has 1 atom stereocenters. The summed E-state index contributed by atoms with van der Waals surface area (Å²) in [5.74, 6) is 0.336. The minimum atomic E-state index is -0.297. The van der Waals surface area contributed by atoms with Gasteiger partial charge in [-0.3, -0.25) is 4.79 Å². The first kappa shape index (κ1) is 21.5. The van der Waals surface area contributed by atoms with E-state index in [1.807, 2.05) is 51.1 Å². The molecule has 7 heteroatoms. The molecule has 2 aromatic heterocycles. The molecule has 1 amide bonds. The summed E-state index contributed by atoms with van der Waals surface area (Å²) in [5, 5.41) is 7.64. The topological polar surface area (TPSA) is 75.6 Å². The Morgan fingerprint density at radius 2 is 1.84 bits per heavy atom. The second-order valence-corrected chi connectivity index (χ2v) is 7.79. The molecule has 0 aliphatic rings. The van der Waals surface area contributed by atoms with Crippen molar-refractivity contribution in [3.05, 3.63) is 89.4 Å². The van der Waals surface area contributed by atoms with E-state index >= 15 is 0 Å². The predicted octanol–water partition coefficient (Wildman–Crippen LogP) is 4.83. The average molecular weight is 432 g/mol. The highest BCUT2D eigenvalue weighted by Gasteiger charge is 2.20. The first-order valence-corrected chi connectivity index (χ1v) is 10.7. The molecule has 4 aromatic rings. The van der Waals surface area contributed by atoms with E-state index in [4.69, 9.17) is 0 Å². The molecule has 0 aliphatic heterocycles. The van der Waals surface area contributed by atoms with Crippen molar-refractivity contribution in [2.75, 3.05) is 0 Å². The SMILES string of the molecule is CCC(NC(=O)Cc1c(C)nn(-c2ccc(F)cc2)c1C)c1ncc(-c2ccccc2)[nH]1. The fourth-order valence-corrected chi connectivity index (χ4v) is 3.81. The first-order valence-electron chi connectivity index (χ1n) is 10.7. The van der Waals surface area contributed by atoms with Crippen LogP contribution < -0.4 is 5.32 Å². The number of carbonyl (C=O) groups is 1. The lowest BCUT2D eigenvalue weighted by molar-refractivity contribution is -0.121. The summed E-state index contributed by atoms with van der Waals surface area (Å²) >= 11 is 0. The smallest absolute Gasteiger partial charge is 0.225 e. The molecule has 0 saturated carbocycles. The van der Waals surface area contributed by atoms with Crippen LogP contribution in [0.25, 0.3) is 16.9 Å². The molecule has 32 heavy (non-hydrogen) atoms. The minimum absolute atomic E-state index is 0.0978. The van der Waals surface area contributed by atoms with Crippen molar-refractivity contribution >= 4 is 5.91 Å². The van der Waals surface area contributed by atoms with Gasteiger partial charge in [0.15, 0.2) is 0 Å². The molecular formula is C25H26FN5O. The number of benzene rings is 2. The van der Waals surface area contributed by atoms with Gasteiger partial charge >= 0.3 is 0 Å². The minimum Gasteiger partial charge on any atom is -0.346 e. The van der Waals surface area contributed by atoms with Crippen LogP contribution in [0.3, 0.4) is 0 Å². The zero-order chi connectivity index (χ0) is 22.7. The highest BCUT2D eigenvalue weighted by molar-refractivity contribution is 5.79. The third kappa shape index (κ3) is 4.46. The Hall–Kier alpha value is -3.74. The normalized spacial score (nSPS) is 12.0. The molecule has 0 fully saturated rings. The molecule has 0 aliphatic carbocycles. The van der Waals surface area contributed by atoms with Crippen LogP contribution in [0.15, 0.2) is 60.8 Å². The van der Waals surface area contributed by atoms with Gasteiger partial charge in [-0.1, -0.05) is 37.3 Å². The first-order chi connectivity index (χ1) is 15.5. The summed E-state index contributed by atoms with van der Waals surface area (Å²) in [4.78, 5) is 20.7. The molecule has 2 aromatic carbocycles. The summed E-state index contributed by atoms with van der Waals surface area (Å²) < 4.78 is 15.0. The van der Waals surface area contributed by atoms with Gasteiger partial charge in [-0.2, -0.15) is 5.10 Å². The number of H-pyrrole nitrogens is 1. The van der Waals surface area contributed by atoms with Gasteiger partial charge in [0, 0.05) is 11.3 Å². The summed E-state index contributed by atoms with van der Waals surface area (Å²) in [6.45, 7) is 5.81. The number of aryl methyl sites for hydroxylation is 1. The Labute approximate surface area is 186 Å². The zero-order valence-corrected chi connectivity index (χ0v) is 18.4. The fraction of sp³-hybridized carbons (Fsp3) is 0.240. The van der Waals surface area contributed by atoms with Crippen molar-refractivity contribution in [2.45, 2.75) is 39.7 Å². The van der Waals surface area contributed by atoms with E-state index in [1.54, 1.807) is 23.0 Å². The third-order valence-electron chi connectivity index (χ3n) is 5.60. The van der Waals surface area contributed by atoms with E-state index in [-0.39, 0.29) is 24.2 Å². The number of hydrogen-bond donors (Lipinski definition) is 2. The number of hydrogen-bond acceptors (Lipinski definition) is 3. The van der Waals surface area contributed by atoms with Crippen LogP contribution in [0.1, 0.15) is 42.2 Å². The standard InChI is InChI=1S/C25H26FN5O/c1-4-22(25-27-15-23(29-25)18-8-6-5-7-9-18)28-24(32)14-21-16(2)30-31(17(21)3)20-12-10-19(26)11-13-20/h5-13,15,22H,4,14H2,1-3H3,(H,27,29)(H,28,32). The largest absolute Gasteiger partial charge is 0.346 e. The van der Waals surface area contributed by atoms with Gasteiger partial charge in [-0.25, -0.2) is 14.1 Å². The molecule has 4 rings (SSSR count). The number of carbonyl (C=O) groups excluding carboxylic acids is 1. The summed E-state index contributed by atoms with van der Waals surface area (Å²) in [7, 11) is 0. The Morgan fingerprint density at radius 1 is 1.12 bits per heavy atom. The fourth-order valence-electron chi connectivity index (χ4n) is 3.81. The van der Waals surface area contributed by atoms with E-state index in [0.717, 1.165) is 39.7 Å². The van der Waals surface area contributed by atoms with Gasteiger partial charge in [0.25, 0.3) is 0 Å². The van der Waals surface area contributed by atoms with Gasteiger partial charge in [0.05, 0.1) is 35.7 Å². The number of rotatable bonds is 7. The monoisotopic (exact) mass is 431 g/mol. The van der Waals surface area contributed by atoms with Crippen LogP contribution in [-0.4, -0.2) is 25.7 Å². The molecule has 2 N–H and O–H groups in total. The van der Waals surface area contributed by atoms with Crippen LogP contribution in [0.5, 0.6) is 0 Å². The van der Waals surface area contributed by atoms with E-state index in [9.17, 15) is 9.18 Å². The summed E-state index contributed by atoms with van der Waals surface area (Å²) in [6, 6.07) is 15.9. The average Bonchev–Trinajstić information content (AvgIpc) is 3.40. The van der Waals surface area contributed by atoms with Crippen LogP contribution in [0.4, 0.5) is 4.39 Å². The second-order valence-electron chi connectivity index (χ2n) is 7.79. The number of imidazole rings is 1. The van der Waals surface area contributed by atoms with E-state index < -0.39 is 0 Å².